The second kappa shape index (κ2) is 8.18. The molecule has 5 heteroatoms. The summed E-state index contributed by atoms with van der Waals surface area (Å²) >= 11 is 5.92. The second-order valence-electron chi connectivity index (χ2n) is 5.94. The fourth-order valence-electron chi connectivity index (χ4n) is 2.89. The van der Waals surface area contributed by atoms with E-state index in [1.807, 2.05) is 48.5 Å². The van der Waals surface area contributed by atoms with Crippen LogP contribution in [0.2, 0.25) is 5.02 Å². The van der Waals surface area contributed by atoms with Crippen molar-refractivity contribution in [3.05, 3.63) is 53.6 Å². The minimum atomic E-state index is 0.392. The van der Waals surface area contributed by atoms with Crippen molar-refractivity contribution in [3.8, 4) is 11.5 Å². The Morgan fingerprint density at radius 3 is 2.54 bits per heavy atom. The van der Waals surface area contributed by atoms with Crippen molar-refractivity contribution in [2.75, 3.05) is 25.0 Å². The molecule has 1 saturated heterocycles. The van der Waals surface area contributed by atoms with Crippen molar-refractivity contribution >= 4 is 23.6 Å². The number of rotatable bonds is 6. The number of likely N-dealkylation sites (tertiary alicyclic amines) is 1. The molecule has 0 saturated carbocycles. The average Bonchev–Trinajstić information content (AvgIpc) is 2.61. The molecule has 0 unspecified atom stereocenters. The standard InChI is InChI=1S/C19H21ClN2O2/c20-15-5-7-17(8-6-15)24-19-4-2-1-3-18(19)21-16-9-11-22(12-10-16)13-14-23/h1-8,14,16,21H,9-13H2. The summed E-state index contributed by atoms with van der Waals surface area (Å²) < 4.78 is 5.99. The summed E-state index contributed by atoms with van der Waals surface area (Å²) in [6, 6.07) is 15.7. The van der Waals surface area contributed by atoms with E-state index >= 15 is 0 Å². The number of carbonyl (C=O) groups is 1. The van der Waals surface area contributed by atoms with Gasteiger partial charge in [0.1, 0.15) is 12.0 Å². The molecule has 0 aromatic heterocycles. The molecule has 126 valence electrons. The highest BCUT2D eigenvalue weighted by Gasteiger charge is 2.19. The van der Waals surface area contributed by atoms with Crippen LogP contribution >= 0.6 is 11.6 Å². The molecule has 1 N–H and O–H groups in total. The first-order valence-electron chi connectivity index (χ1n) is 8.19. The Bertz CT molecular complexity index is 667. The summed E-state index contributed by atoms with van der Waals surface area (Å²) in [6.07, 6.45) is 3.01. The van der Waals surface area contributed by atoms with Gasteiger partial charge in [-0.15, -0.1) is 0 Å². The molecular weight excluding hydrogens is 324 g/mol. The highest BCUT2D eigenvalue weighted by atomic mass is 35.5. The molecule has 0 aliphatic carbocycles. The summed E-state index contributed by atoms with van der Waals surface area (Å²) in [5, 5.41) is 4.27. The average molecular weight is 345 g/mol. The number of benzene rings is 2. The van der Waals surface area contributed by atoms with Gasteiger partial charge in [0.05, 0.1) is 12.2 Å². The molecule has 1 aliphatic heterocycles. The third-order valence-electron chi connectivity index (χ3n) is 4.21. The number of ether oxygens (including phenoxy) is 1. The lowest BCUT2D eigenvalue weighted by atomic mass is 10.0. The van der Waals surface area contributed by atoms with Gasteiger partial charge < -0.3 is 14.8 Å². The zero-order valence-electron chi connectivity index (χ0n) is 13.5. The number of hydrogen-bond acceptors (Lipinski definition) is 4. The molecule has 3 rings (SSSR count). The van der Waals surface area contributed by atoms with Gasteiger partial charge in [-0.25, -0.2) is 0 Å². The molecule has 4 nitrogen and oxygen atoms in total. The number of aldehydes is 1. The molecular formula is C19H21ClN2O2. The molecule has 2 aromatic carbocycles. The number of piperidine rings is 1. The molecule has 24 heavy (non-hydrogen) atoms. The van der Waals surface area contributed by atoms with Gasteiger partial charge >= 0.3 is 0 Å². The summed E-state index contributed by atoms with van der Waals surface area (Å²) in [4.78, 5) is 12.8. The van der Waals surface area contributed by atoms with E-state index in [9.17, 15) is 4.79 Å². The fraction of sp³-hybridized carbons (Fsp3) is 0.316. The van der Waals surface area contributed by atoms with Gasteiger partial charge in [-0.3, -0.25) is 4.90 Å². The Hall–Kier alpha value is -2.04. The zero-order valence-corrected chi connectivity index (χ0v) is 14.2. The topological polar surface area (TPSA) is 41.6 Å². The molecule has 0 amide bonds. The lowest BCUT2D eigenvalue weighted by Crippen LogP contribution is -2.39. The van der Waals surface area contributed by atoms with Gasteiger partial charge in [-0.2, -0.15) is 0 Å². The third kappa shape index (κ3) is 4.49. The van der Waals surface area contributed by atoms with Crippen molar-refractivity contribution in [2.45, 2.75) is 18.9 Å². The summed E-state index contributed by atoms with van der Waals surface area (Å²) in [5.74, 6) is 1.56. The van der Waals surface area contributed by atoms with Crippen LogP contribution in [0.4, 0.5) is 5.69 Å². The minimum absolute atomic E-state index is 0.392. The van der Waals surface area contributed by atoms with E-state index < -0.39 is 0 Å². The van der Waals surface area contributed by atoms with Crippen LogP contribution in [0.3, 0.4) is 0 Å². The number of nitrogens with zero attached hydrogens (tertiary/aromatic N) is 1. The zero-order chi connectivity index (χ0) is 16.8. The lowest BCUT2D eigenvalue weighted by molar-refractivity contribution is -0.109. The van der Waals surface area contributed by atoms with Gasteiger partial charge in [-0.1, -0.05) is 23.7 Å². The number of halogens is 1. The van der Waals surface area contributed by atoms with Crippen molar-refractivity contribution in [1.82, 2.24) is 4.90 Å². The van der Waals surface area contributed by atoms with Gasteiger partial charge in [0.15, 0.2) is 5.75 Å². The van der Waals surface area contributed by atoms with Crippen LogP contribution < -0.4 is 10.1 Å². The van der Waals surface area contributed by atoms with E-state index in [0.717, 1.165) is 49.4 Å². The SMILES string of the molecule is O=CCN1CCC(Nc2ccccc2Oc2ccc(Cl)cc2)CC1. The van der Waals surface area contributed by atoms with Crippen LogP contribution in [0, 0.1) is 0 Å². The first-order valence-corrected chi connectivity index (χ1v) is 8.57. The van der Waals surface area contributed by atoms with Crippen LogP contribution in [-0.4, -0.2) is 36.9 Å². The molecule has 0 atom stereocenters. The van der Waals surface area contributed by atoms with E-state index in [1.165, 1.54) is 0 Å². The van der Waals surface area contributed by atoms with E-state index in [2.05, 4.69) is 10.2 Å². The van der Waals surface area contributed by atoms with E-state index in [0.29, 0.717) is 17.6 Å². The van der Waals surface area contributed by atoms with E-state index in [1.54, 1.807) is 0 Å². The fourth-order valence-corrected chi connectivity index (χ4v) is 3.02. The molecule has 0 radical (unpaired) electrons. The Kier molecular flexibility index (Phi) is 5.72. The first kappa shape index (κ1) is 16.8. The van der Waals surface area contributed by atoms with Gasteiger partial charge in [0.25, 0.3) is 0 Å². The second-order valence-corrected chi connectivity index (χ2v) is 6.37. The lowest BCUT2D eigenvalue weighted by Gasteiger charge is -2.32. The quantitative estimate of drug-likeness (QED) is 0.797. The Morgan fingerprint density at radius 2 is 1.83 bits per heavy atom. The Labute approximate surface area is 147 Å². The number of anilines is 1. The number of hydrogen-bond donors (Lipinski definition) is 1. The van der Waals surface area contributed by atoms with Crippen molar-refractivity contribution in [2.24, 2.45) is 0 Å². The van der Waals surface area contributed by atoms with Crippen LogP contribution in [0.15, 0.2) is 48.5 Å². The maximum absolute atomic E-state index is 10.6. The monoisotopic (exact) mass is 344 g/mol. The van der Waals surface area contributed by atoms with Gasteiger partial charge in [0.2, 0.25) is 0 Å². The summed E-state index contributed by atoms with van der Waals surface area (Å²) in [7, 11) is 0. The molecule has 1 fully saturated rings. The number of nitrogens with one attached hydrogen (secondary N) is 1. The smallest absolute Gasteiger partial charge is 0.150 e. The van der Waals surface area contributed by atoms with Crippen molar-refractivity contribution in [1.29, 1.82) is 0 Å². The highest BCUT2D eigenvalue weighted by Crippen LogP contribution is 2.31. The largest absolute Gasteiger partial charge is 0.455 e. The first-order chi connectivity index (χ1) is 11.7. The minimum Gasteiger partial charge on any atom is -0.455 e. The Morgan fingerprint density at radius 1 is 1.12 bits per heavy atom. The maximum atomic E-state index is 10.6. The predicted molar refractivity (Wildman–Crippen MR) is 97.1 cm³/mol. The number of carbonyl (C=O) groups excluding carboxylic acids is 1. The summed E-state index contributed by atoms with van der Waals surface area (Å²) in [6.45, 7) is 2.41. The Balaban J connectivity index is 1.64. The van der Waals surface area contributed by atoms with Crippen LogP contribution in [0.25, 0.3) is 0 Å². The van der Waals surface area contributed by atoms with Gasteiger partial charge in [-0.05, 0) is 49.2 Å². The van der Waals surface area contributed by atoms with Crippen LogP contribution in [-0.2, 0) is 4.79 Å². The van der Waals surface area contributed by atoms with E-state index in [-0.39, 0.29) is 0 Å². The van der Waals surface area contributed by atoms with Crippen molar-refractivity contribution < 1.29 is 9.53 Å². The number of para-hydroxylation sites is 2. The molecule has 0 spiro atoms. The molecule has 1 aliphatic rings. The van der Waals surface area contributed by atoms with Crippen LogP contribution in [0.1, 0.15) is 12.8 Å². The molecule has 2 aromatic rings. The normalized spacial score (nSPS) is 15.9. The van der Waals surface area contributed by atoms with Crippen molar-refractivity contribution in [3.63, 3.8) is 0 Å². The molecule has 1 heterocycles. The summed E-state index contributed by atoms with van der Waals surface area (Å²) in [5.41, 5.74) is 0.987. The highest BCUT2D eigenvalue weighted by molar-refractivity contribution is 6.30. The molecule has 0 bridgehead atoms. The maximum Gasteiger partial charge on any atom is 0.150 e. The van der Waals surface area contributed by atoms with E-state index in [4.69, 9.17) is 16.3 Å². The third-order valence-corrected chi connectivity index (χ3v) is 4.46. The van der Waals surface area contributed by atoms with Gasteiger partial charge in [0, 0.05) is 24.2 Å². The van der Waals surface area contributed by atoms with Crippen LogP contribution in [0.5, 0.6) is 11.5 Å². The predicted octanol–water partition coefficient (Wildman–Crippen LogP) is 4.21.